The van der Waals surface area contributed by atoms with Crippen molar-refractivity contribution in [2.75, 3.05) is 47.9 Å². The summed E-state index contributed by atoms with van der Waals surface area (Å²) in [7, 11) is 8.05. The Kier molecular flexibility index (Phi) is 4.12. The Balaban J connectivity index is 2.57. The van der Waals surface area contributed by atoms with Gasteiger partial charge in [-0.2, -0.15) is 0 Å². The molecule has 4 nitrogen and oxygen atoms in total. The highest BCUT2D eigenvalue weighted by Crippen LogP contribution is 2.31. The highest BCUT2D eigenvalue weighted by Gasteiger charge is 2.45. The number of rotatable bonds is 4. The molecule has 0 aliphatic carbocycles. The van der Waals surface area contributed by atoms with E-state index in [4.69, 9.17) is 4.74 Å². The molecule has 1 N–H and O–H groups in total. The third-order valence-electron chi connectivity index (χ3n) is 2.93. The van der Waals surface area contributed by atoms with E-state index in [0.29, 0.717) is 6.61 Å². The van der Waals surface area contributed by atoms with Gasteiger partial charge in [-0.25, -0.2) is 0 Å². The SMILES string of the molecule is CN(C)C[C@@H]1CO[C@](C)(CN(C)C)[C@H]1O. The molecule has 1 aliphatic rings. The molecule has 1 fully saturated rings. The fourth-order valence-electron chi connectivity index (χ4n) is 2.36. The number of aliphatic hydroxyl groups excluding tert-OH is 1. The van der Waals surface area contributed by atoms with Gasteiger partial charge in [0.15, 0.2) is 0 Å². The summed E-state index contributed by atoms with van der Waals surface area (Å²) in [6.45, 7) is 4.29. The van der Waals surface area contributed by atoms with Gasteiger partial charge >= 0.3 is 0 Å². The van der Waals surface area contributed by atoms with Crippen molar-refractivity contribution >= 4 is 0 Å². The molecule has 1 rings (SSSR count). The summed E-state index contributed by atoms with van der Waals surface area (Å²) in [5, 5.41) is 10.2. The van der Waals surface area contributed by atoms with Crippen molar-refractivity contribution < 1.29 is 9.84 Å². The van der Waals surface area contributed by atoms with E-state index in [1.54, 1.807) is 0 Å². The Morgan fingerprint density at radius 1 is 1.27 bits per heavy atom. The lowest BCUT2D eigenvalue weighted by atomic mass is 9.91. The van der Waals surface area contributed by atoms with Crippen LogP contribution < -0.4 is 0 Å². The maximum Gasteiger partial charge on any atom is 0.104 e. The first-order chi connectivity index (χ1) is 6.85. The highest BCUT2D eigenvalue weighted by molar-refractivity contribution is 4.96. The minimum Gasteiger partial charge on any atom is -0.390 e. The van der Waals surface area contributed by atoms with Gasteiger partial charge in [0.2, 0.25) is 0 Å². The first-order valence-corrected chi connectivity index (χ1v) is 5.46. The van der Waals surface area contributed by atoms with Crippen LogP contribution in [0.3, 0.4) is 0 Å². The Bertz CT molecular complexity index is 209. The van der Waals surface area contributed by atoms with E-state index in [0.717, 1.165) is 13.1 Å². The number of aliphatic hydroxyl groups is 1. The first kappa shape index (κ1) is 12.9. The standard InChI is InChI=1S/C11H24N2O2/c1-11(8-13(4)5)10(14)9(7-15-11)6-12(2)3/h9-10,14H,6-8H2,1-5H3/t9-,10+,11-/m1/s1. The highest BCUT2D eigenvalue weighted by atomic mass is 16.5. The average Bonchev–Trinajstić information content (AvgIpc) is 2.31. The molecule has 4 heteroatoms. The molecule has 1 heterocycles. The van der Waals surface area contributed by atoms with Crippen molar-refractivity contribution in [1.29, 1.82) is 0 Å². The molecule has 0 saturated carbocycles. The molecule has 90 valence electrons. The van der Waals surface area contributed by atoms with Gasteiger partial charge in [-0.15, -0.1) is 0 Å². The molecule has 0 bridgehead atoms. The second-order valence-corrected chi connectivity index (χ2v) is 5.33. The first-order valence-electron chi connectivity index (χ1n) is 5.46. The zero-order valence-corrected chi connectivity index (χ0v) is 10.5. The fraction of sp³-hybridized carbons (Fsp3) is 1.00. The summed E-state index contributed by atoms with van der Waals surface area (Å²) in [5.74, 6) is 0.227. The Labute approximate surface area is 92.8 Å². The minimum atomic E-state index is -0.413. The topological polar surface area (TPSA) is 35.9 Å². The van der Waals surface area contributed by atoms with E-state index in [2.05, 4.69) is 9.80 Å². The molecule has 15 heavy (non-hydrogen) atoms. The van der Waals surface area contributed by atoms with Gasteiger partial charge in [0.05, 0.1) is 12.7 Å². The third-order valence-corrected chi connectivity index (χ3v) is 2.93. The Morgan fingerprint density at radius 3 is 2.33 bits per heavy atom. The quantitative estimate of drug-likeness (QED) is 0.710. The van der Waals surface area contributed by atoms with Gasteiger partial charge in [0, 0.05) is 19.0 Å². The van der Waals surface area contributed by atoms with Gasteiger partial charge in [0.25, 0.3) is 0 Å². The number of ether oxygens (including phenoxy) is 1. The van der Waals surface area contributed by atoms with Crippen molar-refractivity contribution in [3.63, 3.8) is 0 Å². The lowest BCUT2D eigenvalue weighted by molar-refractivity contribution is -0.0596. The van der Waals surface area contributed by atoms with Gasteiger partial charge in [-0.05, 0) is 35.1 Å². The van der Waals surface area contributed by atoms with E-state index >= 15 is 0 Å². The summed E-state index contributed by atoms with van der Waals surface area (Å²) >= 11 is 0. The van der Waals surface area contributed by atoms with Crippen molar-refractivity contribution in [2.45, 2.75) is 18.6 Å². The normalized spacial score (nSPS) is 36.8. The number of likely N-dealkylation sites (N-methyl/N-ethyl adjacent to an activating group) is 1. The van der Waals surface area contributed by atoms with Crippen molar-refractivity contribution in [3.8, 4) is 0 Å². The molecular weight excluding hydrogens is 192 g/mol. The average molecular weight is 216 g/mol. The van der Waals surface area contributed by atoms with E-state index < -0.39 is 5.60 Å². The van der Waals surface area contributed by atoms with Crippen LogP contribution in [0.2, 0.25) is 0 Å². The third kappa shape index (κ3) is 3.14. The second kappa shape index (κ2) is 4.78. The maximum atomic E-state index is 10.2. The zero-order valence-electron chi connectivity index (χ0n) is 10.5. The van der Waals surface area contributed by atoms with E-state index in [1.807, 2.05) is 35.1 Å². The molecule has 0 aromatic heterocycles. The largest absolute Gasteiger partial charge is 0.390 e. The fourth-order valence-corrected chi connectivity index (χ4v) is 2.36. The van der Waals surface area contributed by atoms with Crippen LogP contribution in [0.4, 0.5) is 0 Å². The number of nitrogens with zero attached hydrogens (tertiary/aromatic N) is 2. The lowest BCUT2D eigenvalue weighted by Gasteiger charge is -2.31. The van der Waals surface area contributed by atoms with E-state index in [1.165, 1.54) is 0 Å². The zero-order chi connectivity index (χ0) is 11.6. The van der Waals surface area contributed by atoms with Crippen molar-refractivity contribution in [3.05, 3.63) is 0 Å². The van der Waals surface area contributed by atoms with Gasteiger partial charge < -0.3 is 19.6 Å². The van der Waals surface area contributed by atoms with Crippen LogP contribution in [0.1, 0.15) is 6.92 Å². The molecule has 0 unspecified atom stereocenters. The monoisotopic (exact) mass is 216 g/mol. The van der Waals surface area contributed by atoms with Crippen LogP contribution in [-0.4, -0.2) is 74.5 Å². The van der Waals surface area contributed by atoms with Crippen molar-refractivity contribution in [2.24, 2.45) is 5.92 Å². The number of hydrogen-bond acceptors (Lipinski definition) is 4. The molecule has 0 amide bonds. The summed E-state index contributed by atoms with van der Waals surface area (Å²) in [6.07, 6.45) is -0.373. The van der Waals surface area contributed by atoms with E-state index in [-0.39, 0.29) is 12.0 Å². The molecule has 0 aromatic carbocycles. The van der Waals surface area contributed by atoms with Crippen LogP contribution in [0.25, 0.3) is 0 Å². The Hall–Kier alpha value is -0.160. The van der Waals surface area contributed by atoms with E-state index in [9.17, 15) is 5.11 Å². The van der Waals surface area contributed by atoms with Gasteiger partial charge in [-0.3, -0.25) is 0 Å². The number of hydrogen-bond donors (Lipinski definition) is 1. The Morgan fingerprint density at radius 2 is 1.87 bits per heavy atom. The molecule has 0 radical (unpaired) electrons. The molecular formula is C11H24N2O2. The molecule has 0 aromatic rings. The minimum absolute atomic E-state index is 0.227. The molecule has 0 spiro atoms. The molecule has 3 atom stereocenters. The second-order valence-electron chi connectivity index (χ2n) is 5.33. The summed E-state index contributed by atoms with van der Waals surface area (Å²) in [6, 6.07) is 0. The maximum absolute atomic E-state index is 10.2. The molecule has 1 saturated heterocycles. The van der Waals surface area contributed by atoms with Crippen LogP contribution >= 0.6 is 0 Å². The van der Waals surface area contributed by atoms with Crippen LogP contribution in [-0.2, 0) is 4.74 Å². The van der Waals surface area contributed by atoms with Gasteiger partial charge in [-0.1, -0.05) is 0 Å². The van der Waals surface area contributed by atoms with Crippen LogP contribution in [0.5, 0.6) is 0 Å². The van der Waals surface area contributed by atoms with Crippen molar-refractivity contribution in [1.82, 2.24) is 9.80 Å². The van der Waals surface area contributed by atoms with Crippen LogP contribution in [0.15, 0.2) is 0 Å². The summed E-state index contributed by atoms with van der Waals surface area (Å²) in [4.78, 5) is 4.15. The smallest absolute Gasteiger partial charge is 0.104 e. The van der Waals surface area contributed by atoms with Gasteiger partial charge in [0.1, 0.15) is 5.60 Å². The summed E-state index contributed by atoms with van der Waals surface area (Å²) in [5.41, 5.74) is -0.413. The summed E-state index contributed by atoms with van der Waals surface area (Å²) < 4.78 is 5.76. The predicted molar refractivity (Wildman–Crippen MR) is 61.0 cm³/mol. The lowest BCUT2D eigenvalue weighted by Crippen LogP contribution is -2.47. The predicted octanol–water partition coefficient (Wildman–Crippen LogP) is -0.124. The van der Waals surface area contributed by atoms with Crippen LogP contribution in [0, 0.1) is 5.92 Å². The molecule has 1 aliphatic heterocycles.